The summed E-state index contributed by atoms with van der Waals surface area (Å²) in [4.78, 5) is 27.7. The van der Waals surface area contributed by atoms with E-state index in [2.05, 4.69) is 0 Å². The van der Waals surface area contributed by atoms with Gasteiger partial charge in [-0.05, 0) is 22.3 Å². The van der Waals surface area contributed by atoms with Crippen molar-refractivity contribution in [3.8, 4) is 0 Å². The molecule has 0 fully saturated rings. The zero-order valence-corrected chi connectivity index (χ0v) is 19.3. The lowest BCUT2D eigenvalue weighted by Gasteiger charge is -2.23. The van der Waals surface area contributed by atoms with Crippen LogP contribution in [0.2, 0.25) is 0 Å². The number of benzene rings is 4. The van der Waals surface area contributed by atoms with Crippen molar-refractivity contribution in [1.29, 1.82) is 0 Å². The zero-order chi connectivity index (χ0) is 24.0. The van der Waals surface area contributed by atoms with Gasteiger partial charge in [-0.3, -0.25) is 9.36 Å². The molecule has 0 unspecified atom stereocenters. The van der Waals surface area contributed by atoms with Crippen molar-refractivity contribution in [2.24, 2.45) is 0 Å². The van der Waals surface area contributed by atoms with Crippen molar-refractivity contribution < 1.29 is 0 Å². The van der Waals surface area contributed by atoms with Crippen LogP contribution in [0.3, 0.4) is 0 Å². The number of nitrogens with zero attached hydrogens (tertiary/aromatic N) is 2. The van der Waals surface area contributed by atoms with Crippen molar-refractivity contribution in [3.63, 3.8) is 0 Å². The molecule has 5 rings (SSSR count). The molecule has 0 saturated carbocycles. The van der Waals surface area contributed by atoms with Gasteiger partial charge >= 0.3 is 5.69 Å². The van der Waals surface area contributed by atoms with Crippen LogP contribution in [0.25, 0.3) is 0 Å². The highest BCUT2D eigenvalue weighted by molar-refractivity contribution is 5.33. The maximum atomic E-state index is 14.1. The van der Waals surface area contributed by atoms with Crippen molar-refractivity contribution in [3.05, 3.63) is 176 Å². The molecule has 0 spiro atoms. The van der Waals surface area contributed by atoms with Crippen LogP contribution in [0.5, 0.6) is 0 Å². The van der Waals surface area contributed by atoms with Crippen LogP contribution >= 0.6 is 0 Å². The van der Waals surface area contributed by atoms with E-state index in [4.69, 9.17) is 0 Å². The van der Waals surface area contributed by atoms with E-state index in [0.29, 0.717) is 18.7 Å². The smallest absolute Gasteiger partial charge is 0.293 e. The monoisotopic (exact) mass is 458 g/mol. The maximum Gasteiger partial charge on any atom is 0.332 e. The number of hydrogen-bond donors (Lipinski definition) is 0. The van der Waals surface area contributed by atoms with Gasteiger partial charge in [0.05, 0.1) is 12.6 Å². The molecule has 172 valence electrons. The normalized spacial score (nSPS) is 11.0. The van der Waals surface area contributed by atoms with E-state index in [9.17, 15) is 9.59 Å². The van der Waals surface area contributed by atoms with Crippen molar-refractivity contribution in [2.75, 3.05) is 0 Å². The lowest BCUT2D eigenvalue weighted by Crippen LogP contribution is -2.44. The Morgan fingerprint density at radius 2 is 1.03 bits per heavy atom. The van der Waals surface area contributed by atoms with Crippen LogP contribution in [0, 0.1) is 0 Å². The molecule has 5 aromatic rings. The van der Waals surface area contributed by atoms with E-state index in [1.807, 2.05) is 121 Å². The summed E-state index contributed by atoms with van der Waals surface area (Å²) in [5, 5.41) is 0. The Hall–Kier alpha value is -4.44. The van der Waals surface area contributed by atoms with Gasteiger partial charge in [0.25, 0.3) is 5.56 Å². The van der Waals surface area contributed by atoms with E-state index < -0.39 is 6.04 Å². The second-order valence-corrected chi connectivity index (χ2v) is 8.58. The van der Waals surface area contributed by atoms with Crippen molar-refractivity contribution in [2.45, 2.75) is 19.0 Å². The summed E-state index contributed by atoms with van der Waals surface area (Å²) in [6.45, 7) is 0.387. The van der Waals surface area contributed by atoms with Crippen LogP contribution in [-0.2, 0) is 13.0 Å². The Morgan fingerprint density at radius 3 is 1.54 bits per heavy atom. The lowest BCUT2D eigenvalue weighted by atomic mass is 9.98. The predicted molar refractivity (Wildman–Crippen MR) is 140 cm³/mol. The molecule has 0 radical (unpaired) electrons. The lowest BCUT2D eigenvalue weighted by molar-refractivity contribution is 0.546. The van der Waals surface area contributed by atoms with Gasteiger partial charge in [0.2, 0.25) is 0 Å². The molecule has 4 nitrogen and oxygen atoms in total. The van der Waals surface area contributed by atoms with Crippen molar-refractivity contribution >= 4 is 0 Å². The molecule has 0 amide bonds. The SMILES string of the molecule is O=c1cc(Cc2ccccc2)n(Cc2ccccc2)c(=O)n1C(c1ccccc1)c1ccccc1. The molecule has 0 aliphatic carbocycles. The first-order valence-corrected chi connectivity index (χ1v) is 11.7. The molecule has 35 heavy (non-hydrogen) atoms. The minimum atomic E-state index is -0.523. The highest BCUT2D eigenvalue weighted by Gasteiger charge is 2.22. The third-order valence-corrected chi connectivity index (χ3v) is 6.21. The van der Waals surface area contributed by atoms with E-state index in [-0.39, 0.29) is 11.2 Å². The molecule has 0 saturated heterocycles. The van der Waals surface area contributed by atoms with Crippen LogP contribution < -0.4 is 11.2 Å². The van der Waals surface area contributed by atoms with Crippen LogP contribution in [0.15, 0.2) is 137 Å². The molecule has 0 bridgehead atoms. The largest absolute Gasteiger partial charge is 0.332 e. The van der Waals surface area contributed by atoms with E-state index in [1.165, 1.54) is 4.57 Å². The minimum absolute atomic E-state index is 0.303. The second kappa shape index (κ2) is 10.2. The second-order valence-electron chi connectivity index (χ2n) is 8.58. The van der Waals surface area contributed by atoms with Gasteiger partial charge in [0.15, 0.2) is 0 Å². The average molecular weight is 459 g/mol. The summed E-state index contributed by atoms with van der Waals surface area (Å²) in [6, 6.07) is 40.4. The Morgan fingerprint density at radius 1 is 0.571 bits per heavy atom. The van der Waals surface area contributed by atoms with E-state index >= 15 is 0 Å². The Bertz CT molecular complexity index is 1470. The van der Waals surface area contributed by atoms with Gasteiger partial charge in [-0.1, -0.05) is 121 Å². The Labute approximate surface area is 204 Å². The fraction of sp³-hybridized carbons (Fsp3) is 0.0968. The Kier molecular flexibility index (Phi) is 6.53. The van der Waals surface area contributed by atoms with Crippen molar-refractivity contribution in [1.82, 2.24) is 9.13 Å². The summed E-state index contributed by atoms with van der Waals surface area (Å²) in [5.41, 5.74) is 3.91. The van der Waals surface area contributed by atoms with Crippen LogP contribution in [-0.4, -0.2) is 9.13 Å². The molecule has 0 atom stereocenters. The summed E-state index contributed by atoms with van der Waals surface area (Å²) in [5.74, 6) is 0. The molecule has 0 aliphatic heterocycles. The summed E-state index contributed by atoms with van der Waals surface area (Å²) < 4.78 is 3.13. The van der Waals surface area contributed by atoms with Gasteiger partial charge in [-0.2, -0.15) is 0 Å². The van der Waals surface area contributed by atoms with Gasteiger partial charge in [-0.25, -0.2) is 9.36 Å². The first kappa shape index (κ1) is 22.4. The molecule has 0 aliphatic rings. The number of rotatable bonds is 7. The third-order valence-electron chi connectivity index (χ3n) is 6.21. The molecular weight excluding hydrogens is 432 g/mol. The summed E-state index contributed by atoms with van der Waals surface area (Å²) >= 11 is 0. The van der Waals surface area contributed by atoms with E-state index in [1.54, 1.807) is 10.6 Å². The van der Waals surface area contributed by atoms with Gasteiger partial charge in [0, 0.05) is 18.2 Å². The predicted octanol–water partition coefficient (Wildman–Crippen LogP) is 5.29. The molecule has 4 aromatic carbocycles. The number of hydrogen-bond acceptors (Lipinski definition) is 2. The molecular formula is C31H26N2O2. The molecule has 1 heterocycles. The maximum absolute atomic E-state index is 14.1. The molecule has 0 N–H and O–H groups in total. The van der Waals surface area contributed by atoms with Gasteiger partial charge < -0.3 is 0 Å². The fourth-order valence-corrected chi connectivity index (χ4v) is 4.52. The van der Waals surface area contributed by atoms with Crippen LogP contribution in [0.1, 0.15) is 34.0 Å². The minimum Gasteiger partial charge on any atom is -0.293 e. The highest BCUT2D eigenvalue weighted by atomic mass is 16.2. The van der Waals surface area contributed by atoms with Gasteiger partial charge in [-0.15, -0.1) is 0 Å². The zero-order valence-electron chi connectivity index (χ0n) is 19.3. The fourth-order valence-electron chi connectivity index (χ4n) is 4.52. The third kappa shape index (κ3) is 4.92. The number of aromatic nitrogens is 2. The first-order valence-electron chi connectivity index (χ1n) is 11.7. The average Bonchev–Trinajstić information content (AvgIpc) is 2.91. The Balaban J connectivity index is 1.72. The molecule has 4 heteroatoms. The highest BCUT2D eigenvalue weighted by Crippen LogP contribution is 2.24. The molecule has 1 aromatic heterocycles. The topological polar surface area (TPSA) is 44.0 Å². The standard InChI is InChI=1S/C31H26N2O2/c34-29-22-28(21-24-13-5-1-6-14-24)32(23-25-15-7-2-8-16-25)31(35)33(29)30(26-17-9-3-10-18-26)27-19-11-4-12-20-27/h1-20,22,30H,21,23H2. The summed E-state index contributed by atoms with van der Waals surface area (Å²) in [6.07, 6.45) is 0.500. The first-order chi connectivity index (χ1) is 17.2. The summed E-state index contributed by atoms with van der Waals surface area (Å²) in [7, 11) is 0. The quantitative estimate of drug-likeness (QED) is 0.333. The van der Waals surface area contributed by atoms with E-state index in [0.717, 1.165) is 22.3 Å². The van der Waals surface area contributed by atoms with Gasteiger partial charge in [0.1, 0.15) is 0 Å². The van der Waals surface area contributed by atoms with Crippen LogP contribution in [0.4, 0.5) is 0 Å².